The number of hydrogen-bond acceptors (Lipinski definition) is 3. The lowest BCUT2D eigenvalue weighted by Gasteiger charge is -2.21. The van der Waals surface area contributed by atoms with E-state index in [1.807, 2.05) is 17.4 Å². The lowest BCUT2D eigenvalue weighted by atomic mass is 9.82. The minimum absolute atomic E-state index is 0.0742. The fourth-order valence-electron chi connectivity index (χ4n) is 9.68. The van der Waals surface area contributed by atoms with Gasteiger partial charge in [-0.25, -0.2) is 9.97 Å². The van der Waals surface area contributed by atoms with Gasteiger partial charge in [-0.2, -0.15) is 0 Å². The molecule has 0 aliphatic heterocycles. The van der Waals surface area contributed by atoms with Gasteiger partial charge >= 0.3 is 0 Å². The Balaban J connectivity index is 1.05. The number of rotatable bonds is 6. The molecule has 2 nitrogen and oxygen atoms in total. The molecule has 0 saturated carbocycles. The van der Waals surface area contributed by atoms with Crippen molar-refractivity contribution in [1.82, 2.24) is 9.97 Å². The summed E-state index contributed by atoms with van der Waals surface area (Å²) >= 11 is 1.85. The van der Waals surface area contributed by atoms with Gasteiger partial charge in [0.1, 0.15) is 0 Å². The predicted molar refractivity (Wildman–Crippen MR) is 263 cm³/mol. The van der Waals surface area contributed by atoms with Crippen molar-refractivity contribution in [3.05, 3.63) is 217 Å². The van der Waals surface area contributed by atoms with Crippen LogP contribution >= 0.6 is 11.3 Å². The van der Waals surface area contributed by atoms with Gasteiger partial charge in [0.25, 0.3) is 0 Å². The minimum Gasteiger partial charge on any atom is -0.228 e. The summed E-state index contributed by atoms with van der Waals surface area (Å²) < 4.78 is 2.60. The summed E-state index contributed by atoms with van der Waals surface area (Å²) in [6.07, 6.45) is 0. The number of fused-ring (bicyclic) bond motifs is 7. The van der Waals surface area contributed by atoms with E-state index in [1.54, 1.807) is 0 Å². The maximum Gasteiger partial charge on any atom is 0.160 e. The smallest absolute Gasteiger partial charge is 0.160 e. The van der Waals surface area contributed by atoms with Crippen LogP contribution in [0.3, 0.4) is 0 Å². The molecule has 0 N–H and O–H groups in total. The first-order valence-corrected chi connectivity index (χ1v) is 22.1. The molecule has 12 rings (SSSR count). The molecule has 0 amide bonds. The molecule has 3 heteroatoms. The van der Waals surface area contributed by atoms with E-state index < -0.39 is 0 Å². The Kier molecular flexibility index (Phi) is 8.41. The number of thiophene rings is 1. The van der Waals surface area contributed by atoms with Crippen molar-refractivity contribution in [3.8, 4) is 78.4 Å². The summed E-state index contributed by atoms with van der Waals surface area (Å²) in [6, 6.07) is 75.0. The zero-order valence-electron chi connectivity index (χ0n) is 34.4. The Morgan fingerprint density at radius 1 is 0.355 bits per heavy atom. The average molecular weight is 809 g/mol. The molecule has 11 aromatic rings. The van der Waals surface area contributed by atoms with E-state index in [1.165, 1.54) is 75.5 Å². The van der Waals surface area contributed by atoms with E-state index in [0.717, 1.165) is 39.2 Å². The van der Waals surface area contributed by atoms with E-state index in [4.69, 9.17) is 9.97 Å². The second kappa shape index (κ2) is 14.3. The molecule has 1 aliphatic carbocycles. The van der Waals surface area contributed by atoms with Gasteiger partial charge in [0.2, 0.25) is 0 Å². The van der Waals surface area contributed by atoms with Crippen LogP contribution in [-0.2, 0) is 5.41 Å². The van der Waals surface area contributed by atoms with Crippen LogP contribution in [0.15, 0.2) is 206 Å². The van der Waals surface area contributed by atoms with Gasteiger partial charge in [-0.15, -0.1) is 11.3 Å². The van der Waals surface area contributed by atoms with Crippen LogP contribution in [0.25, 0.3) is 109 Å². The third kappa shape index (κ3) is 6.08. The van der Waals surface area contributed by atoms with Crippen LogP contribution in [0.4, 0.5) is 0 Å². The van der Waals surface area contributed by atoms with E-state index in [2.05, 4.69) is 214 Å². The highest BCUT2D eigenvalue weighted by molar-refractivity contribution is 7.25. The molecule has 2 aromatic heterocycles. The molecular weight excluding hydrogens is 769 g/mol. The van der Waals surface area contributed by atoms with Gasteiger partial charge in [-0.05, 0) is 121 Å². The van der Waals surface area contributed by atoms with E-state index in [-0.39, 0.29) is 5.41 Å². The fourth-order valence-corrected chi connectivity index (χ4v) is 10.8. The van der Waals surface area contributed by atoms with Crippen LogP contribution in [0, 0.1) is 0 Å². The Morgan fingerprint density at radius 2 is 0.952 bits per heavy atom. The quantitative estimate of drug-likeness (QED) is 0.167. The molecule has 62 heavy (non-hydrogen) atoms. The van der Waals surface area contributed by atoms with Crippen LogP contribution in [0.2, 0.25) is 0 Å². The second-order valence-corrected chi connectivity index (χ2v) is 18.1. The SMILES string of the molecule is CC1(C)c2ccccc2-c2c(-c3cccc(-c4cc(-c5cc(-c6ccc7ccccc7c6)cc(-c6ccc7sc8ccccc8c7c6)c5)nc(-c5ccccc5)n4)c3)cccc21. The van der Waals surface area contributed by atoms with Gasteiger partial charge in [0.15, 0.2) is 5.82 Å². The van der Waals surface area contributed by atoms with Crippen molar-refractivity contribution in [2.75, 3.05) is 0 Å². The number of hydrogen-bond donors (Lipinski definition) is 0. The fraction of sp³-hybridized carbons (Fsp3) is 0.0508. The van der Waals surface area contributed by atoms with Crippen molar-refractivity contribution < 1.29 is 0 Å². The van der Waals surface area contributed by atoms with Crippen LogP contribution in [-0.4, -0.2) is 9.97 Å². The first-order chi connectivity index (χ1) is 30.4. The minimum atomic E-state index is -0.0742. The van der Waals surface area contributed by atoms with Crippen LogP contribution < -0.4 is 0 Å². The molecule has 1 aliphatic rings. The van der Waals surface area contributed by atoms with Crippen molar-refractivity contribution in [2.45, 2.75) is 19.3 Å². The third-order valence-corrected chi connectivity index (χ3v) is 14.0. The van der Waals surface area contributed by atoms with Crippen LogP contribution in [0.5, 0.6) is 0 Å². The zero-order chi connectivity index (χ0) is 41.4. The van der Waals surface area contributed by atoms with Crippen molar-refractivity contribution in [1.29, 1.82) is 0 Å². The van der Waals surface area contributed by atoms with Crippen molar-refractivity contribution >= 4 is 42.3 Å². The summed E-state index contributed by atoms with van der Waals surface area (Å²) in [5.74, 6) is 0.698. The molecule has 0 fully saturated rings. The largest absolute Gasteiger partial charge is 0.228 e. The first kappa shape index (κ1) is 36.4. The van der Waals surface area contributed by atoms with E-state index >= 15 is 0 Å². The standard InChI is InChI=1S/C59H40N2S/c1-59(2)51-23-10-8-21-49(51)57-47(22-13-24-52(57)59)42-18-12-19-43(31-42)53-36-54(61-58(60-53)38-15-4-3-5-16-38)46-33-44(40-27-26-37-14-6-7-17-39(37)30-40)32-45(34-46)41-28-29-56-50(35-41)48-20-9-11-25-55(48)62-56/h3-36H,1-2H3. The number of nitrogens with zero attached hydrogens (tertiary/aromatic N) is 2. The Bertz CT molecular complexity index is 3560. The lowest BCUT2D eigenvalue weighted by molar-refractivity contribution is 0.660. The lowest BCUT2D eigenvalue weighted by Crippen LogP contribution is -2.14. The highest BCUT2D eigenvalue weighted by Gasteiger charge is 2.36. The molecule has 0 atom stereocenters. The molecule has 0 unspecified atom stereocenters. The monoisotopic (exact) mass is 808 g/mol. The summed E-state index contributed by atoms with van der Waals surface area (Å²) in [5.41, 5.74) is 17.2. The number of aromatic nitrogens is 2. The average Bonchev–Trinajstić information content (AvgIpc) is 3.82. The molecule has 292 valence electrons. The Morgan fingerprint density at radius 3 is 1.82 bits per heavy atom. The summed E-state index contributed by atoms with van der Waals surface area (Å²) in [5, 5.41) is 5.03. The van der Waals surface area contributed by atoms with Crippen LogP contribution in [0.1, 0.15) is 25.0 Å². The summed E-state index contributed by atoms with van der Waals surface area (Å²) in [6.45, 7) is 4.68. The van der Waals surface area contributed by atoms with Gasteiger partial charge in [0.05, 0.1) is 11.4 Å². The topological polar surface area (TPSA) is 25.8 Å². The maximum atomic E-state index is 5.36. The highest BCUT2D eigenvalue weighted by atomic mass is 32.1. The van der Waals surface area contributed by atoms with E-state index in [0.29, 0.717) is 5.82 Å². The Labute approximate surface area is 365 Å². The van der Waals surface area contributed by atoms with Gasteiger partial charge in [-0.3, -0.25) is 0 Å². The molecule has 2 heterocycles. The first-order valence-electron chi connectivity index (χ1n) is 21.3. The maximum absolute atomic E-state index is 5.36. The number of benzene rings is 9. The third-order valence-electron chi connectivity index (χ3n) is 12.9. The predicted octanol–water partition coefficient (Wildman–Crippen LogP) is 16.3. The molecule has 0 radical (unpaired) electrons. The van der Waals surface area contributed by atoms with Gasteiger partial charge < -0.3 is 0 Å². The van der Waals surface area contributed by atoms with Gasteiger partial charge in [0, 0.05) is 42.3 Å². The molecule has 9 aromatic carbocycles. The van der Waals surface area contributed by atoms with E-state index in [9.17, 15) is 0 Å². The molecule has 0 bridgehead atoms. The van der Waals surface area contributed by atoms with Crippen molar-refractivity contribution in [3.63, 3.8) is 0 Å². The Hall–Kier alpha value is -7.46. The normalized spacial score (nSPS) is 12.8. The highest BCUT2D eigenvalue weighted by Crippen LogP contribution is 2.52. The molecule has 0 saturated heterocycles. The molecule has 0 spiro atoms. The second-order valence-electron chi connectivity index (χ2n) is 17.0. The van der Waals surface area contributed by atoms with Crippen molar-refractivity contribution in [2.24, 2.45) is 0 Å². The van der Waals surface area contributed by atoms with Gasteiger partial charge in [-0.1, -0.05) is 166 Å². The summed E-state index contributed by atoms with van der Waals surface area (Å²) in [4.78, 5) is 10.7. The zero-order valence-corrected chi connectivity index (χ0v) is 35.2. The molecular formula is C59H40N2S. The summed E-state index contributed by atoms with van der Waals surface area (Å²) in [7, 11) is 0.